The van der Waals surface area contributed by atoms with Crippen molar-refractivity contribution in [3.63, 3.8) is 0 Å². The minimum Gasteiger partial charge on any atom is -0.311 e. The molecule has 1 N–H and O–H groups in total. The summed E-state index contributed by atoms with van der Waals surface area (Å²) in [6.45, 7) is 6.71. The Morgan fingerprint density at radius 2 is 1.95 bits per heavy atom. The van der Waals surface area contributed by atoms with Gasteiger partial charge in [0.15, 0.2) is 0 Å². The van der Waals surface area contributed by atoms with Gasteiger partial charge in [0.05, 0.1) is 15.9 Å². The molecule has 0 fully saturated rings. The van der Waals surface area contributed by atoms with Crippen LogP contribution in [0.25, 0.3) is 0 Å². The van der Waals surface area contributed by atoms with E-state index in [1.54, 1.807) is 0 Å². The van der Waals surface area contributed by atoms with Crippen molar-refractivity contribution in [3.8, 4) is 0 Å². The average Bonchev–Trinajstić information content (AvgIpc) is 2.81. The third kappa shape index (κ3) is 4.14. The molecule has 3 nitrogen and oxygen atoms in total. The van der Waals surface area contributed by atoms with Gasteiger partial charge >= 0.3 is 0 Å². The van der Waals surface area contributed by atoms with Crippen LogP contribution in [0.15, 0.2) is 28.7 Å². The molecule has 5 heteroatoms. The van der Waals surface area contributed by atoms with Crippen LogP contribution < -0.4 is 5.32 Å². The van der Waals surface area contributed by atoms with Crippen LogP contribution in [0.4, 0.5) is 4.39 Å². The summed E-state index contributed by atoms with van der Waals surface area (Å²) >= 11 is 3.64. The van der Waals surface area contributed by atoms with Crippen molar-refractivity contribution in [2.24, 2.45) is 0 Å². The van der Waals surface area contributed by atoms with E-state index in [1.807, 2.05) is 16.8 Å². The minimum atomic E-state index is -0.186. The van der Waals surface area contributed by atoms with Crippen molar-refractivity contribution in [3.05, 3.63) is 51.5 Å². The lowest BCUT2D eigenvalue weighted by molar-refractivity contribution is 0.577. The number of hydrogen-bond acceptors (Lipinski definition) is 2. The molecule has 0 atom stereocenters. The van der Waals surface area contributed by atoms with Gasteiger partial charge in [-0.15, -0.1) is 0 Å². The molecule has 0 aliphatic rings. The monoisotopic (exact) mass is 353 g/mol. The summed E-state index contributed by atoms with van der Waals surface area (Å²) in [5, 5.41) is 8.01. The average molecular weight is 354 g/mol. The molecule has 21 heavy (non-hydrogen) atoms. The maximum absolute atomic E-state index is 12.8. The van der Waals surface area contributed by atoms with Gasteiger partial charge in [-0.1, -0.05) is 19.1 Å². The molecule has 0 unspecified atom stereocenters. The first kappa shape index (κ1) is 16.2. The first-order chi connectivity index (χ1) is 10.2. The third-order valence-electron chi connectivity index (χ3n) is 3.49. The van der Waals surface area contributed by atoms with Gasteiger partial charge in [0.1, 0.15) is 5.82 Å². The summed E-state index contributed by atoms with van der Waals surface area (Å²) in [4.78, 5) is 0. The SMILES string of the molecule is CCc1nn(CC)c(CNCCc2ccc(F)cc2)c1Br. The van der Waals surface area contributed by atoms with E-state index in [4.69, 9.17) is 0 Å². The number of nitrogens with zero attached hydrogens (tertiary/aromatic N) is 2. The molecule has 0 saturated heterocycles. The van der Waals surface area contributed by atoms with E-state index in [2.05, 4.69) is 40.2 Å². The van der Waals surface area contributed by atoms with Gasteiger partial charge in [-0.2, -0.15) is 5.10 Å². The molecule has 0 radical (unpaired) electrons. The Labute approximate surface area is 133 Å². The van der Waals surface area contributed by atoms with Crippen molar-refractivity contribution in [2.75, 3.05) is 6.54 Å². The molecule has 1 heterocycles. The smallest absolute Gasteiger partial charge is 0.123 e. The highest BCUT2D eigenvalue weighted by molar-refractivity contribution is 9.10. The second-order valence-corrected chi connectivity index (χ2v) is 5.72. The molecule has 0 amide bonds. The van der Waals surface area contributed by atoms with E-state index in [-0.39, 0.29) is 5.82 Å². The minimum absolute atomic E-state index is 0.186. The fraction of sp³-hybridized carbons (Fsp3) is 0.438. The van der Waals surface area contributed by atoms with Crippen LogP contribution in [0.3, 0.4) is 0 Å². The Kier molecular flexibility index (Phi) is 5.94. The van der Waals surface area contributed by atoms with Crippen molar-refractivity contribution in [2.45, 2.75) is 39.8 Å². The normalized spacial score (nSPS) is 11.0. The molecular weight excluding hydrogens is 333 g/mol. The van der Waals surface area contributed by atoms with Gasteiger partial charge in [-0.3, -0.25) is 4.68 Å². The van der Waals surface area contributed by atoms with Gasteiger partial charge in [-0.25, -0.2) is 4.39 Å². The first-order valence-corrected chi connectivity index (χ1v) is 8.14. The number of aryl methyl sites for hydroxylation is 2. The van der Waals surface area contributed by atoms with Gasteiger partial charge in [0.2, 0.25) is 0 Å². The van der Waals surface area contributed by atoms with E-state index in [0.717, 1.165) is 48.2 Å². The van der Waals surface area contributed by atoms with Gasteiger partial charge < -0.3 is 5.32 Å². The fourth-order valence-electron chi connectivity index (χ4n) is 2.28. The largest absolute Gasteiger partial charge is 0.311 e. The summed E-state index contributed by atoms with van der Waals surface area (Å²) in [5.74, 6) is -0.186. The standard InChI is InChI=1S/C16H21BrFN3/c1-3-14-16(17)15(21(4-2)20-14)11-19-10-9-12-5-7-13(18)8-6-12/h5-8,19H,3-4,9-11H2,1-2H3. The molecule has 2 rings (SSSR count). The van der Waals surface area contributed by atoms with E-state index >= 15 is 0 Å². The molecule has 0 spiro atoms. The van der Waals surface area contributed by atoms with Crippen LogP contribution in [0, 0.1) is 5.82 Å². The number of nitrogens with one attached hydrogen (secondary N) is 1. The van der Waals surface area contributed by atoms with Crippen molar-refractivity contribution in [1.82, 2.24) is 15.1 Å². The number of halogens is 2. The van der Waals surface area contributed by atoms with Crippen LogP contribution in [0.1, 0.15) is 30.8 Å². The number of hydrogen-bond donors (Lipinski definition) is 1. The summed E-state index contributed by atoms with van der Waals surface area (Å²) < 4.78 is 16.0. The Balaban J connectivity index is 1.88. The predicted octanol–water partition coefficient (Wildman–Crippen LogP) is 3.70. The van der Waals surface area contributed by atoms with Crippen LogP contribution in [0.5, 0.6) is 0 Å². The highest BCUT2D eigenvalue weighted by Gasteiger charge is 2.12. The second-order valence-electron chi connectivity index (χ2n) is 4.93. The molecule has 1 aromatic heterocycles. The van der Waals surface area contributed by atoms with Crippen LogP contribution in [-0.4, -0.2) is 16.3 Å². The fourth-order valence-corrected chi connectivity index (χ4v) is 2.98. The summed E-state index contributed by atoms with van der Waals surface area (Å²) in [6.07, 6.45) is 1.81. The van der Waals surface area contributed by atoms with Gasteiger partial charge in [0.25, 0.3) is 0 Å². The van der Waals surface area contributed by atoms with Crippen LogP contribution in [-0.2, 0) is 25.9 Å². The molecule has 114 valence electrons. The van der Waals surface area contributed by atoms with E-state index in [9.17, 15) is 4.39 Å². The van der Waals surface area contributed by atoms with E-state index in [1.165, 1.54) is 17.8 Å². The second kappa shape index (κ2) is 7.71. The van der Waals surface area contributed by atoms with Crippen molar-refractivity contribution < 1.29 is 4.39 Å². The molecule has 1 aromatic carbocycles. The molecule has 0 aliphatic carbocycles. The maximum Gasteiger partial charge on any atom is 0.123 e. The molecule has 0 aliphatic heterocycles. The number of rotatable bonds is 7. The van der Waals surface area contributed by atoms with Crippen molar-refractivity contribution in [1.29, 1.82) is 0 Å². The molecule has 2 aromatic rings. The predicted molar refractivity (Wildman–Crippen MR) is 86.8 cm³/mol. The zero-order chi connectivity index (χ0) is 15.2. The third-order valence-corrected chi connectivity index (χ3v) is 4.41. The summed E-state index contributed by atoms with van der Waals surface area (Å²) in [6, 6.07) is 6.67. The Hall–Kier alpha value is -1.20. The Morgan fingerprint density at radius 1 is 1.24 bits per heavy atom. The Morgan fingerprint density at radius 3 is 2.57 bits per heavy atom. The maximum atomic E-state index is 12.8. The van der Waals surface area contributed by atoms with Crippen LogP contribution in [0.2, 0.25) is 0 Å². The molecule has 0 bridgehead atoms. The highest BCUT2D eigenvalue weighted by Crippen LogP contribution is 2.22. The lowest BCUT2D eigenvalue weighted by Crippen LogP contribution is -2.19. The Bertz CT molecular complexity index is 578. The first-order valence-electron chi connectivity index (χ1n) is 7.34. The quantitative estimate of drug-likeness (QED) is 0.769. The molecular formula is C16H21BrFN3. The zero-order valence-electron chi connectivity index (χ0n) is 12.5. The van der Waals surface area contributed by atoms with Crippen LogP contribution >= 0.6 is 15.9 Å². The molecule has 0 saturated carbocycles. The highest BCUT2D eigenvalue weighted by atomic mass is 79.9. The lowest BCUT2D eigenvalue weighted by Gasteiger charge is -2.08. The van der Waals surface area contributed by atoms with E-state index in [0.29, 0.717) is 0 Å². The number of benzene rings is 1. The number of aromatic nitrogens is 2. The summed E-state index contributed by atoms with van der Waals surface area (Å²) in [5.41, 5.74) is 3.43. The van der Waals surface area contributed by atoms with Gasteiger partial charge in [-0.05, 0) is 59.9 Å². The zero-order valence-corrected chi connectivity index (χ0v) is 14.1. The van der Waals surface area contributed by atoms with Gasteiger partial charge in [0, 0.05) is 13.1 Å². The topological polar surface area (TPSA) is 29.9 Å². The van der Waals surface area contributed by atoms with E-state index < -0.39 is 0 Å². The summed E-state index contributed by atoms with van der Waals surface area (Å²) in [7, 11) is 0. The van der Waals surface area contributed by atoms with Crippen molar-refractivity contribution >= 4 is 15.9 Å². The lowest BCUT2D eigenvalue weighted by atomic mass is 10.1.